The fourth-order valence-corrected chi connectivity index (χ4v) is 2.68. The Hall–Kier alpha value is -3.22. The Morgan fingerprint density at radius 2 is 1.34 bits per heavy atom. The minimum atomic E-state index is -1.49. The second-order valence-electron chi connectivity index (χ2n) is 7.88. The molecule has 5 unspecified atom stereocenters. The molecule has 0 aromatic carbocycles. The number of aliphatic carboxylic acids is 2. The zero-order chi connectivity index (χ0) is 25.2. The van der Waals surface area contributed by atoms with Gasteiger partial charge in [0.1, 0.15) is 18.1 Å². The number of nitrogens with one attached hydrogen (secondary N) is 3. The van der Waals surface area contributed by atoms with E-state index < -0.39 is 84.4 Å². The van der Waals surface area contributed by atoms with Crippen LogP contribution in [-0.4, -0.2) is 69.9 Å². The molecule has 0 aliphatic rings. The van der Waals surface area contributed by atoms with E-state index >= 15 is 0 Å². The third-order valence-corrected chi connectivity index (χ3v) is 4.79. The number of hydrogen-bond acceptors (Lipinski definition) is 7. The van der Waals surface area contributed by atoms with Gasteiger partial charge < -0.3 is 37.6 Å². The van der Waals surface area contributed by atoms with E-state index in [-0.39, 0.29) is 0 Å². The number of amides is 4. The number of carboxylic acids is 2. The lowest BCUT2D eigenvalue weighted by Crippen LogP contribution is -2.59. The first-order valence-corrected chi connectivity index (χ1v) is 10.1. The van der Waals surface area contributed by atoms with Crippen molar-refractivity contribution in [3.05, 3.63) is 0 Å². The number of carbonyl (C=O) groups excluding carboxylic acids is 4. The molecule has 13 heteroatoms. The number of nitrogens with two attached hydrogens (primary N) is 2. The molecule has 0 bridgehead atoms. The van der Waals surface area contributed by atoms with Crippen molar-refractivity contribution in [1.29, 1.82) is 0 Å². The smallest absolute Gasteiger partial charge is 0.326 e. The van der Waals surface area contributed by atoms with Gasteiger partial charge in [-0.3, -0.25) is 24.0 Å². The van der Waals surface area contributed by atoms with Crippen LogP contribution in [0.15, 0.2) is 0 Å². The van der Waals surface area contributed by atoms with Gasteiger partial charge in [-0.15, -0.1) is 0 Å². The number of carboxylic acid groups (broad SMARTS) is 2. The maximum absolute atomic E-state index is 12.7. The monoisotopic (exact) mass is 459 g/mol. The summed E-state index contributed by atoms with van der Waals surface area (Å²) in [6.07, 6.45) is -0.818. The van der Waals surface area contributed by atoms with E-state index in [2.05, 4.69) is 16.0 Å². The molecular weight excluding hydrogens is 426 g/mol. The van der Waals surface area contributed by atoms with Crippen LogP contribution in [0.5, 0.6) is 0 Å². The summed E-state index contributed by atoms with van der Waals surface area (Å²) in [5, 5.41) is 25.0. The summed E-state index contributed by atoms with van der Waals surface area (Å²) in [6.45, 7) is 6.52. The highest BCUT2D eigenvalue weighted by molar-refractivity contribution is 5.96. The van der Waals surface area contributed by atoms with Crippen molar-refractivity contribution in [3.8, 4) is 0 Å². The molecule has 0 aliphatic carbocycles. The molecule has 0 spiro atoms. The van der Waals surface area contributed by atoms with E-state index in [1.54, 1.807) is 27.7 Å². The maximum Gasteiger partial charge on any atom is 0.326 e. The van der Waals surface area contributed by atoms with E-state index in [4.69, 9.17) is 16.6 Å². The minimum absolute atomic E-state index is 0.431. The Bertz CT molecular complexity index is 727. The summed E-state index contributed by atoms with van der Waals surface area (Å²) < 4.78 is 0. The van der Waals surface area contributed by atoms with Crippen LogP contribution in [0.2, 0.25) is 0 Å². The summed E-state index contributed by atoms with van der Waals surface area (Å²) in [5.41, 5.74) is 10.7. The molecule has 0 heterocycles. The summed E-state index contributed by atoms with van der Waals surface area (Å²) in [7, 11) is 0. The van der Waals surface area contributed by atoms with E-state index in [1.165, 1.54) is 0 Å². The van der Waals surface area contributed by atoms with Gasteiger partial charge in [0.2, 0.25) is 23.6 Å². The highest BCUT2D eigenvalue weighted by Gasteiger charge is 2.33. The van der Waals surface area contributed by atoms with E-state index in [9.17, 15) is 33.9 Å². The third-order valence-electron chi connectivity index (χ3n) is 4.79. The SMILES string of the molecule is CCC(C)C(NC(=O)C(CC(N)=O)NC(=O)C(NC(=O)C(N)CC(=O)O)C(C)C)C(=O)O. The molecule has 32 heavy (non-hydrogen) atoms. The Morgan fingerprint density at radius 1 is 0.812 bits per heavy atom. The molecule has 0 saturated carbocycles. The molecule has 0 saturated heterocycles. The molecule has 0 rings (SSSR count). The first kappa shape index (κ1) is 28.8. The summed E-state index contributed by atoms with van der Waals surface area (Å²) in [5.74, 6) is -7.11. The van der Waals surface area contributed by atoms with Crippen LogP contribution in [0.1, 0.15) is 47.0 Å². The molecule has 9 N–H and O–H groups in total. The summed E-state index contributed by atoms with van der Waals surface area (Å²) >= 11 is 0. The number of hydrogen-bond donors (Lipinski definition) is 7. The van der Waals surface area contributed by atoms with Crippen molar-refractivity contribution in [2.24, 2.45) is 23.3 Å². The summed E-state index contributed by atoms with van der Waals surface area (Å²) in [6, 6.07) is -5.36. The zero-order valence-corrected chi connectivity index (χ0v) is 18.6. The van der Waals surface area contributed by atoms with Gasteiger partial charge in [-0.2, -0.15) is 0 Å². The Kier molecular flexibility index (Phi) is 11.9. The summed E-state index contributed by atoms with van der Waals surface area (Å²) in [4.78, 5) is 71.1. The van der Waals surface area contributed by atoms with Gasteiger partial charge in [-0.25, -0.2) is 4.79 Å². The highest BCUT2D eigenvalue weighted by atomic mass is 16.4. The van der Waals surface area contributed by atoms with E-state index in [1.807, 2.05) is 0 Å². The van der Waals surface area contributed by atoms with Crippen molar-refractivity contribution < 1.29 is 39.0 Å². The lowest BCUT2D eigenvalue weighted by Gasteiger charge is -2.27. The first-order valence-electron chi connectivity index (χ1n) is 10.1. The number of primary amides is 1. The standard InChI is InChI=1S/C19H33N5O8/c1-5-9(4)15(19(31)32)24-17(29)11(7-12(21)25)22-18(30)14(8(2)3)23-16(28)10(20)6-13(26)27/h8-11,14-15H,5-7,20H2,1-4H3,(H2,21,25)(H,22,30)(H,23,28)(H,24,29)(H,26,27)(H,31,32). The molecule has 0 aromatic heterocycles. The predicted octanol–water partition coefficient (Wildman–Crippen LogP) is -2.10. The molecule has 0 fully saturated rings. The first-order chi connectivity index (χ1) is 14.7. The van der Waals surface area contributed by atoms with E-state index in [0.29, 0.717) is 6.42 Å². The lowest BCUT2D eigenvalue weighted by molar-refractivity contribution is -0.144. The molecular formula is C19H33N5O8. The molecule has 0 aliphatic heterocycles. The maximum atomic E-state index is 12.7. The van der Waals surface area contributed by atoms with Crippen molar-refractivity contribution in [1.82, 2.24) is 16.0 Å². The number of carbonyl (C=O) groups is 6. The second-order valence-corrected chi connectivity index (χ2v) is 7.88. The average Bonchev–Trinajstić information content (AvgIpc) is 2.66. The second kappa shape index (κ2) is 13.2. The molecule has 4 amide bonds. The predicted molar refractivity (Wildman–Crippen MR) is 112 cm³/mol. The Balaban J connectivity index is 5.51. The average molecular weight is 460 g/mol. The fourth-order valence-electron chi connectivity index (χ4n) is 2.68. The van der Waals surface area contributed by atoms with Crippen LogP contribution in [-0.2, 0) is 28.8 Å². The van der Waals surface area contributed by atoms with Gasteiger partial charge in [0.15, 0.2) is 0 Å². The van der Waals surface area contributed by atoms with Gasteiger partial charge in [0.25, 0.3) is 0 Å². The van der Waals surface area contributed by atoms with Crippen LogP contribution in [0.25, 0.3) is 0 Å². The Morgan fingerprint density at radius 3 is 1.75 bits per heavy atom. The molecule has 182 valence electrons. The quantitative estimate of drug-likeness (QED) is 0.151. The Labute approximate surface area is 185 Å². The zero-order valence-electron chi connectivity index (χ0n) is 18.6. The molecule has 13 nitrogen and oxygen atoms in total. The van der Waals surface area contributed by atoms with Gasteiger partial charge in [-0.1, -0.05) is 34.1 Å². The third kappa shape index (κ3) is 9.73. The van der Waals surface area contributed by atoms with Crippen molar-refractivity contribution >= 4 is 35.6 Å². The van der Waals surface area contributed by atoms with Crippen LogP contribution < -0.4 is 27.4 Å². The normalized spacial score (nSPS) is 15.6. The molecule has 0 radical (unpaired) electrons. The fraction of sp³-hybridized carbons (Fsp3) is 0.684. The van der Waals surface area contributed by atoms with Crippen molar-refractivity contribution in [3.63, 3.8) is 0 Å². The number of rotatable bonds is 14. The topological polar surface area (TPSA) is 231 Å². The lowest BCUT2D eigenvalue weighted by atomic mass is 9.98. The van der Waals surface area contributed by atoms with Gasteiger partial charge in [0.05, 0.1) is 18.9 Å². The van der Waals surface area contributed by atoms with Crippen LogP contribution >= 0.6 is 0 Å². The molecule has 5 atom stereocenters. The van der Waals surface area contributed by atoms with Gasteiger partial charge in [0, 0.05) is 0 Å². The van der Waals surface area contributed by atoms with Crippen molar-refractivity contribution in [2.75, 3.05) is 0 Å². The van der Waals surface area contributed by atoms with E-state index in [0.717, 1.165) is 0 Å². The van der Waals surface area contributed by atoms with Crippen LogP contribution in [0, 0.1) is 11.8 Å². The van der Waals surface area contributed by atoms with Crippen LogP contribution in [0.3, 0.4) is 0 Å². The van der Waals surface area contributed by atoms with Gasteiger partial charge >= 0.3 is 11.9 Å². The van der Waals surface area contributed by atoms with Crippen molar-refractivity contribution in [2.45, 2.75) is 71.1 Å². The largest absolute Gasteiger partial charge is 0.481 e. The molecule has 0 aromatic rings. The van der Waals surface area contributed by atoms with Gasteiger partial charge in [-0.05, 0) is 11.8 Å². The minimum Gasteiger partial charge on any atom is -0.481 e. The van der Waals surface area contributed by atoms with Crippen LogP contribution in [0.4, 0.5) is 0 Å². The highest BCUT2D eigenvalue weighted by Crippen LogP contribution is 2.09.